The molecule has 0 aliphatic carbocycles. The largest absolute Gasteiger partial charge is 0.483 e. The molecule has 42 heavy (non-hydrogen) atoms. The van der Waals surface area contributed by atoms with Crippen LogP contribution in [-0.2, 0) is 25.3 Å². The summed E-state index contributed by atoms with van der Waals surface area (Å²) < 4.78 is 53.6. The van der Waals surface area contributed by atoms with Crippen molar-refractivity contribution >= 4 is 62.4 Å². The van der Waals surface area contributed by atoms with Gasteiger partial charge in [0.05, 0.1) is 35.4 Å². The molecular formula is C27H21BrF3N3O6S2. The number of benzene rings is 2. The normalized spacial score (nSPS) is 22.2. The number of ether oxygens (including phenoxy) is 2. The van der Waals surface area contributed by atoms with E-state index >= 15 is 0 Å². The van der Waals surface area contributed by atoms with E-state index in [1.54, 1.807) is 23.1 Å². The summed E-state index contributed by atoms with van der Waals surface area (Å²) in [5, 5.41) is -0.748. The summed E-state index contributed by atoms with van der Waals surface area (Å²) in [7, 11) is 0. The van der Waals surface area contributed by atoms with E-state index in [0.717, 1.165) is 35.2 Å². The molecule has 4 heterocycles. The Morgan fingerprint density at radius 3 is 2.57 bits per heavy atom. The van der Waals surface area contributed by atoms with E-state index in [-0.39, 0.29) is 18.3 Å². The number of carbonyl (C=O) groups is 3. The number of thioether (sulfide) groups is 1. The lowest BCUT2D eigenvalue weighted by Crippen LogP contribution is -2.43. The van der Waals surface area contributed by atoms with Crippen molar-refractivity contribution in [2.75, 3.05) is 37.8 Å². The number of anilines is 1. The van der Waals surface area contributed by atoms with Crippen LogP contribution >= 0.6 is 39.0 Å². The molecule has 2 fully saturated rings. The molecule has 0 spiro atoms. The summed E-state index contributed by atoms with van der Waals surface area (Å²) in [4.78, 5) is 57.9. The van der Waals surface area contributed by atoms with E-state index in [4.69, 9.17) is 9.47 Å². The highest BCUT2D eigenvalue weighted by atomic mass is 79.9. The van der Waals surface area contributed by atoms with Crippen molar-refractivity contribution in [2.24, 2.45) is 5.92 Å². The van der Waals surface area contributed by atoms with Crippen LogP contribution in [0.2, 0.25) is 0 Å². The van der Waals surface area contributed by atoms with E-state index in [2.05, 4.69) is 20.9 Å². The van der Waals surface area contributed by atoms with E-state index in [1.165, 1.54) is 12.1 Å². The average Bonchev–Trinajstić information content (AvgIpc) is 3.46. The summed E-state index contributed by atoms with van der Waals surface area (Å²) in [5.41, 5.74) is -1.24. The highest BCUT2D eigenvalue weighted by Gasteiger charge is 2.57. The molecular weight excluding hydrogens is 663 g/mol. The number of para-hydroxylation sites is 1. The van der Waals surface area contributed by atoms with Crippen LogP contribution in [0.4, 0.5) is 18.9 Å². The van der Waals surface area contributed by atoms with Gasteiger partial charge in [-0.05, 0) is 30.3 Å². The third-order valence-electron chi connectivity index (χ3n) is 7.30. The fraction of sp³-hybridized carbons (Fsp3) is 0.333. The van der Waals surface area contributed by atoms with Gasteiger partial charge in [0.15, 0.2) is 6.61 Å². The molecule has 1 aromatic heterocycles. The van der Waals surface area contributed by atoms with Crippen LogP contribution < -0.4 is 14.5 Å². The zero-order chi connectivity index (χ0) is 29.8. The van der Waals surface area contributed by atoms with Crippen LogP contribution in [0.3, 0.4) is 0 Å². The Morgan fingerprint density at radius 1 is 1.10 bits per heavy atom. The first-order chi connectivity index (χ1) is 20.0. The van der Waals surface area contributed by atoms with E-state index < -0.39 is 51.2 Å². The molecule has 220 valence electrons. The fourth-order valence-electron chi connectivity index (χ4n) is 5.44. The number of rotatable bonds is 5. The molecule has 1 N–H and O–H groups in total. The fourth-order valence-corrected chi connectivity index (χ4v) is 8.32. The number of halogens is 4. The number of nitrogens with zero attached hydrogens (tertiary/aromatic N) is 2. The lowest BCUT2D eigenvalue weighted by Gasteiger charge is -2.31. The summed E-state index contributed by atoms with van der Waals surface area (Å²) in [5.74, 6) is -3.71. The Hall–Kier alpha value is -3.14. The number of aromatic nitrogens is 1. The number of H-pyrrole nitrogens is 1. The predicted molar refractivity (Wildman–Crippen MR) is 151 cm³/mol. The molecule has 3 aliphatic rings. The van der Waals surface area contributed by atoms with Gasteiger partial charge in [0.2, 0.25) is 11.8 Å². The topological polar surface area (TPSA) is 109 Å². The van der Waals surface area contributed by atoms with Crippen molar-refractivity contribution in [2.45, 2.75) is 22.4 Å². The van der Waals surface area contributed by atoms with Crippen molar-refractivity contribution in [3.63, 3.8) is 0 Å². The minimum Gasteiger partial charge on any atom is -0.483 e. The van der Waals surface area contributed by atoms with Gasteiger partial charge in [-0.15, -0.1) is 0 Å². The highest BCUT2D eigenvalue weighted by Crippen LogP contribution is 2.55. The first kappa shape index (κ1) is 29.0. The van der Waals surface area contributed by atoms with Crippen molar-refractivity contribution in [3.05, 3.63) is 72.6 Å². The maximum Gasteiger partial charge on any atom is 0.418 e. The number of imide groups is 1. The molecule has 0 radical (unpaired) electrons. The molecule has 3 unspecified atom stereocenters. The van der Waals surface area contributed by atoms with Crippen LogP contribution in [0.15, 0.2) is 56.8 Å². The molecule has 3 atom stereocenters. The van der Waals surface area contributed by atoms with Gasteiger partial charge in [-0.3, -0.25) is 19.2 Å². The van der Waals surface area contributed by atoms with Crippen molar-refractivity contribution in [1.82, 2.24) is 9.88 Å². The van der Waals surface area contributed by atoms with Crippen LogP contribution in [0, 0.1) is 5.92 Å². The minimum absolute atomic E-state index is 0.247. The molecule has 9 nitrogen and oxygen atoms in total. The first-order valence-electron chi connectivity index (χ1n) is 12.8. The average molecular weight is 685 g/mol. The summed E-state index contributed by atoms with van der Waals surface area (Å²) in [6.45, 7) is 1.37. The van der Waals surface area contributed by atoms with Crippen molar-refractivity contribution < 1.29 is 37.0 Å². The Bertz CT molecular complexity index is 1640. The van der Waals surface area contributed by atoms with Gasteiger partial charge in [0.1, 0.15) is 11.0 Å². The van der Waals surface area contributed by atoms with Crippen LogP contribution in [-0.4, -0.2) is 65.8 Å². The molecule has 6 rings (SSSR count). The van der Waals surface area contributed by atoms with E-state index in [0.29, 0.717) is 51.1 Å². The quantitative estimate of drug-likeness (QED) is 0.401. The number of carbonyl (C=O) groups excluding carboxylic acids is 3. The Morgan fingerprint density at radius 2 is 1.83 bits per heavy atom. The third-order valence-corrected chi connectivity index (χ3v) is 10.2. The standard InChI is InChI=1S/C27H21BrF3N3O6S2/c28-13-5-6-17(40-12-18(35)33-7-9-39-10-8-33)14(11-13)19-20-22(41-23-21(19)42-26(38)32-23)25(37)34(24(20)36)16-4-2-1-3-15(16)27(29,30)31/h1-6,11,19-20,22H,7-10,12H2,(H,32,38). The summed E-state index contributed by atoms with van der Waals surface area (Å²) in [6, 6.07) is 9.40. The van der Waals surface area contributed by atoms with Crippen molar-refractivity contribution in [1.29, 1.82) is 0 Å². The van der Waals surface area contributed by atoms with Crippen LogP contribution in [0.1, 0.15) is 21.9 Å². The maximum absolute atomic E-state index is 14.0. The number of fused-ring (bicyclic) bond motifs is 2. The molecule has 3 aliphatic heterocycles. The number of aromatic amines is 1. The van der Waals surface area contributed by atoms with Gasteiger partial charge < -0.3 is 19.4 Å². The lowest BCUT2D eigenvalue weighted by atomic mass is 9.82. The van der Waals surface area contributed by atoms with Gasteiger partial charge in [-0.2, -0.15) is 13.2 Å². The Labute approximate surface area is 253 Å². The molecule has 2 aromatic carbocycles. The number of nitrogens with one attached hydrogen (secondary N) is 1. The monoisotopic (exact) mass is 683 g/mol. The second-order valence-electron chi connectivity index (χ2n) is 9.74. The molecule has 2 saturated heterocycles. The molecule has 15 heteroatoms. The van der Waals surface area contributed by atoms with Gasteiger partial charge in [-0.25, -0.2) is 4.90 Å². The van der Waals surface area contributed by atoms with Gasteiger partial charge in [0, 0.05) is 33.9 Å². The Balaban J connectivity index is 1.41. The Kier molecular flexibility index (Phi) is 7.70. The zero-order valence-electron chi connectivity index (χ0n) is 21.5. The molecule has 3 aromatic rings. The van der Waals surface area contributed by atoms with E-state index in [9.17, 15) is 32.3 Å². The van der Waals surface area contributed by atoms with E-state index in [1.807, 2.05) is 0 Å². The first-order valence-corrected chi connectivity index (χ1v) is 15.2. The lowest BCUT2D eigenvalue weighted by molar-refractivity contribution is -0.138. The number of hydrogen-bond donors (Lipinski definition) is 1. The number of alkyl halides is 3. The van der Waals surface area contributed by atoms with Gasteiger partial charge >= 0.3 is 11.0 Å². The smallest absolute Gasteiger partial charge is 0.418 e. The number of amides is 3. The minimum atomic E-state index is -4.81. The second kappa shape index (κ2) is 11.2. The number of hydrogen-bond acceptors (Lipinski definition) is 8. The van der Waals surface area contributed by atoms with Gasteiger partial charge in [0.25, 0.3) is 5.91 Å². The van der Waals surface area contributed by atoms with Crippen molar-refractivity contribution in [3.8, 4) is 5.75 Å². The SMILES string of the molecule is O=C(COc1ccc(Br)cc1C1c2sc(=O)[nH]c2SC2C(=O)N(c3ccccc3C(F)(F)F)C(=O)C21)N1CCOCC1. The predicted octanol–water partition coefficient (Wildman–Crippen LogP) is 4.25. The highest BCUT2D eigenvalue weighted by molar-refractivity contribution is 9.10. The van der Waals surface area contributed by atoms with Crippen LogP contribution in [0.5, 0.6) is 5.75 Å². The second-order valence-corrected chi connectivity index (χ2v) is 12.8. The van der Waals surface area contributed by atoms with Gasteiger partial charge in [-0.1, -0.05) is 51.2 Å². The van der Waals surface area contributed by atoms with Crippen LogP contribution in [0.25, 0.3) is 0 Å². The molecule has 0 bridgehead atoms. The number of morpholine rings is 1. The molecule has 0 saturated carbocycles. The summed E-state index contributed by atoms with van der Waals surface area (Å²) >= 11 is 5.24. The maximum atomic E-state index is 14.0. The summed E-state index contributed by atoms with van der Waals surface area (Å²) in [6.07, 6.45) is -4.81. The zero-order valence-corrected chi connectivity index (χ0v) is 24.7. The number of thiazole rings is 1. The third kappa shape index (κ3) is 5.16. The molecule has 3 amide bonds.